The molecular weight excluding hydrogens is 308 g/mol. The summed E-state index contributed by atoms with van der Waals surface area (Å²) in [6, 6.07) is 8.75. The third-order valence-corrected chi connectivity index (χ3v) is 6.89. The standard InChI is InChI=1S/C22H30N2O/c1-2-6-17(7-3-1)10-13-24-14-12-22(16-24)21-19(11-15-25-22)18-8-4-5-9-20(18)23-21/h4-5,8-9,17,23H,1-3,6-7,10-16H2. The van der Waals surface area contributed by atoms with E-state index in [1.807, 2.05) is 0 Å². The zero-order valence-electron chi connectivity index (χ0n) is 15.2. The highest BCUT2D eigenvalue weighted by molar-refractivity contribution is 5.85. The molecule has 1 aliphatic carbocycles. The van der Waals surface area contributed by atoms with E-state index in [0.29, 0.717) is 0 Å². The maximum absolute atomic E-state index is 6.43. The largest absolute Gasteiger partial charge is 0.367 e. The van der Waals surface area contributed by atoms with Gasteiger partial charge in [0.15, 0.2) is 0 Å². The fraction of sp³-hybridized carbons (Fsp3) is 0.636. The minimum atomic E-state index is -0.0842. The lowest BCUT2D eigenvalue weighted by molar-refractivity contribution is -0.0545. The van der Waals surface area contributed by atoms with Gasteiger partial charge < -0.3 is 9.72 Å². The summed E-state index contributed by atoms with van der Waals surface area (Å²) in [6.45, 7) is 4.37. The third kappa shape index (κ3) is 2.82. The molecule has 2 fully saturated rings. The summed E-state index contributed by atoms with van der Waals surface area (Å²) >= 11 is 0. The van der Waals surface area contributed by atoms with Crippen LogP contribution in [0.3, 0.4) is 0 Å². The van der Waals surface area contributed by atoms with Crippen LogP contribution >= 0.6 is 0 Å². The number of rotatable bonds is 3. The number of nitrogens with one attached hydrogen (secondary N) is 1. The van der Waals surface area contributed by atoms with E-state index in [1.54, 1.807) is 0 Å². The van der Waals surface area contributed by atoms with Crippen molar-refractivity contribution in [2.75, 3.05) is 26.2 Å². The molecule has 0 radical (unpaired) electrons. The SMILES string of the molecule is c1ccc2c3c([nH]c2c1)C1(CCN(CCC2CCCCC2)C1)OCC3. The van der Waals surface area contributed by atoms with E-state index in [4.69, 9.17) is 4.74 Å². The second-order valence-electron chi connectivity index (χ2n) is 8.44. The first kappa shape index (κ1) is 15.9. The van der Waals surface area contributed by atoms with Crippen LogP contribution in [0, 0.1) is 5.92 Å². The summed E-state index contributed by atoms with van der Waals surface area (Å²) in [5.74, 6) is 0.973. The van der Waals surface area contributed by atoms with E-state index in [1.165, 1.54) is 73.8 Å². The molecule has 2 aromatic rings. The van der Waals surface area contributed by atoms with Crippen LogP contribution in [0.2, 0.25) is 0 Å². The van der Waals surface area contributed by atoms with Crippen molar-refractivity contribution in [3.63, 3.8) is 0 Å². The van der Waals surface area contributed by atoms with Crippen LogP contribution < -0.4 is 0 Å². The van der Waals surface area contributed by atoms with Crippen molar-refractivity contribution in [1.82, 2.24) is 9.88 Å². The fourth-order valence-electron chi connectivity index (χ4n) is 5.48. The zero-order chi connectivity index (χ0) is 16.7. The number of fused-ring (bicyclic) bond motifs is 4. The smallest absolute Gasteiger partial charge is 0.122 e. The fourth-order valence-corrected chi connectivity index (χ4v) is 5.48. The van der Waals surface area contributed by atoms with E-state index in [2.05, 4.69) is 34.1 Å². The number of nitrogens with zero attached hydrogens (tertiary/aromatic N) is 1. The number of aromatic nitrogens is 1. The number of likely N-dealkylation sites (tertiary alicyclic amines) is 1. The zero-order valence-corrected chi connectivity index (χ0v) is 15.2. The molecule has 134 valence electrons. The molecule has 0 bridgehead atoms. The summed E-state index contributed by atoms with van der Waals surface area (Å²) in [4.78, 5) is 6.39. The Bertz CT molecular complexity index is 746. The van der Waals surface area contributed by atoms with Crippen LogP contribution in [0.1, 0.15) is 56.2 Å². The maximum Gasteiger partial charge on any atom is 0.122 e. The molecule has 2 aliphatic heterocycles. The Balaban J connectivity index is 1.33. The monoisotopic (exact) mass is 338 g/mol. The van der Waals surface area contributed by atoms with Gasteiger partial charge in [0.1, 0.15) is 5.60 Å². The Kier molecular flexibility index (Phi) is 4.10. The minimum absolute atomic E-state index is 0.0842. The van der Waals surface area contributed by atoms with E-state index in [-0.39, 0.29) is 5.60 Å². The van der Waals surface area contributed by atoms with Gasteiger partial charge in [0, 0.05) is 24.0 Å². The molecule has 1 aromatic heterocycles. The van der Waals surface area contributed by atoms with Gasteiger partial charge in [-0.25, -0.2) is 0 Å². The van der Waals surface area contributed by atoms with Gasteiger partial charge in [0.25, 0.3) is 0 Å². The number of hydrogen-bond donors (Lipinski definition) is 1. The van der Waals surface area contributed by atoms with Crippen LogP contribution in [0.4, 0.5) is 0 Å². The second kappa shape index (κ2) is 6.44. The maximum atomic E-state index is 6.43. The third-order valence-electron chi connectivity index (χ3n) is 6.89. The van der Waals surface area contributed by atoms with Gasteiger partial charge >= 0.3 is 0 Å². The second-order valence-corrected chi connectivity index (χ2v) is 8.44. The Morgan fingerprint density at radius 1 is 1.16 bits per heavy atom. The lowest BCUT2D eigenvalue weighted by atomic mass is 9.87. The summed E-state index contributed by atoms with van der Waals surface area (Å²) in [6.07, 6.45) is 10.9. The van der Waals surface area contributed by atoms with Crippen LogP contribution in [-0.2, 0) is 16.8 Å². The van der Waals surface area contributed by atoms with Gasteiger partial charge in [-0.1, -0.05) is 50.3 Å². The Labute approximate surface area is 150 Å². The molecule has 1 saturated heterocycles. The molecule has 1 atom stereocenters. The molecule has 1 N–H and O–H groups in total. The van der Waals surface area contributed by atoms with Gasteiger partial charge in [-0.3, -0.25) is 4.90 Å². The lowest BCUT2D eigenvalue weighted by Gasteiger charge is -2.34. The van der Waals surface area contributed by atoms with Gasteiger partial charge in [-0.05, 0) is 43.4 Å². The topological polar surface area (TPSA) is 28.3 Å². The molecule has 0 amide bonds. The molecule has 3 aliphatic rings. The molecule has 3 nitrogen and oxygen atoms in total. The number of ether oxygens (including phenoxy) is 1. The van der Waals surface area contributed by atoms with Crippen molar-refractivity contribution in [2.45, 2.75) is 57.0 Å². The molecule has 1 unspecified atom stereocenters. The first-order chi connectivity index (χ1) is 12.3. The number of para-hydroxylation sites is 1. The van der Waals surface area contributed by atoms with Crippen LogP contribution in [0.15, 0.2) is 24.3 Å². The van der Waals surface area contributed by atoms with Crippen molar-refractivity contribution < 1.29 is 4.74 Å². The molecule has 1 aromatic carbocycles. The van der Waals surface area contributed by atoms with Crippen LogP contribution in [-0.4, -0.2) is 36.1 Å². The Morgan fingerprint density at radius 2 is 2.04 bits per heavy atom. The van der Waals surface area contributed by atoms with Crippen molar-refractivity contribution in [3.05, 3.63) is 35.5 Å². The number of hydrogen-bond acceptors (Lipinski definition) is 2. The summed E-state index contributed by atoms with van der Waals surface area (Å²) in [5.41, 5.74) is 4.08. The Hall–Kier alpha value is -1.32. The van der Waals surface area contributed by atoms with Crippen molar-refractivity contribution in [3.8, 4) is 0 Å². The van der Waals surface area contributed by atoms with E-state index in [9.17, 15) is 0 Å². The van der Waals surface area contributed by atoms with Crippen molar-refractivity contribution in [2.24, 2.45) is 5.92 Å². The van der Waals surface area contributed by atoms with Crippen LogP contribution in [0.5, 0.6) is 0 Å². The van der Waals surface area contributed by atoms with E-state index < -0.39 is 0 Å². The van der Waals surface area contributed by atoms with E-state index >= 15 is 0 Å². The number of aromatic amines is 1. The number of H-pyrrole nitrogens is 1. The van der Waals surface area contributed by atoms with Crippen molar-refractivity contribution in [1.29, 1.82) is 0 Å². The number of benzene rings is 1. The van der Waals surface area contributed by atoms with Gasteiger partial charge in [0.05, 0.1) is 12.3 Å². The predicted octanol–water partition coefficient (Wildman–Crippen LogP) is 4.61. The van der Waals surface area contributed by atoms with Gasteiger partial charge in [-0.15, -0.1) is 0 Å². The lowest BCUT2D eigenvalue weighted by Crippen LogP contribution is -2.39. The Morgan fingerprint density at radius 3 is 2.96 bits per heavy atom. The quantitative estimate of drug-likeness (QED) is 0.885. The molecular formula is C22H30N2O. The normalized spacial score (nSPS) is 28.0. The minimum Gasteiger partial charge on any atom is -0.367 e. The molecule has 1 saturated carbocycles. The highest BCUT2D eigenvalue weighted by atomic mass is 16.5. The first-order valence-electron chi connectivity index (χ1n) is 10.3. The molecule has 3 heteroatoms. The molecule has 5 rings (SSSR count). The summed E-state index contributed by atoms with van der Waals surface area (Å²) in [5, 5.41) is 1.40. The highest BCUT2D eigenvalue weighted by Crippen LogP contribution is 2.43. The average molecular weight is 338 g/mol. The highest BCUT2D eigenvalue weighted by Gasteiger charge is 2.45. The first-order valence-corrected chi connectivity index (χ1v) is 10.3. The van der Waals surface area contributed by atoms with Crippen molar-refractivity contribution >= 4 is 10.9 Å². The molecule has 25 heavy (non-hydrogen) atoms. The summed E-state index contributed by atoms with van der Waals surface area (Å²) < 4.78 is 6.43. The van der Waals surface area contributed by atoms with Crippen LogP contribution in [0.25, 0.3) is 10.9 Å². The van der Waals surface area contributed by atoms with Gasteiger partial charge in [0.2, 0.25) is 0 Å². The van der Waals surface area contributed by atoms with Gasteiger partial charge in [-0.2, -0.15) is 0 Å². The average Bonchev–Trinajstić information content (AvgIpc) is 3.24. The van der Waals surface area contributed by atoms with E-state index in [0.717, 1.165) is 31.9 Å². The summed E-state index contributed by atoms with van der Waals surface area (Å²) in [7, 11) is 0. The molecule has 3 heterocycles. The molecule has 1 spiro atoms. The predicted molar refractivity (Wildman–Crippen MR) is 102 cm³/mol.